The monoisotopic (exact) mass is 412 g/mol. The number of methoxy groups -OCH3 is 1. The van der Waals surface area contributed by atoms with Gasteiger partial charge >= 0.3 is 0 Å². The Kier molecular flexibility index (Phi) is 8.01. The van der Waals surface area contributed by atoms with Gasteiger partial charge in [-0.2, -0.15) is 0 Å². The average Bonchev–Trinajstić information content (AvgIpc) is 2.75. The third kappa shape index (κ3) is 6.79. The molecule has 1 aliphatic heterocycles. The summed E-state index contributed by atoms with van der Waals surface area (Å²) in [7, 11) is 1.65. The molecule has 1 fully saturated rings. The molecule has 0 radical (unpaired) electrons. The van der Waals surface area contributed by atoms with Crippen LogP contribution in [0.2, 0.25) is 0 Å². The van der Waals surface area contributed by atoms with E-state index in [0.717, 1.165) is 28.7 Å². The molecule has 1 heterocycles. The molecule has 5 heteroatoms. The number of ether oxygens (including phenoxy) is 1. The van der Waals surface area contributed by atoms with Gasteiger partial charge in [0.25, 0.3) is 0 Å². The van der Waals surface area contributed by atoms with Crippen molar-refractivity contribution in [3.8, 4) is 5.75 Å². The molecule has 0 aliphatic carbocycles. The molecule has 1 atom stereocenters. The van der Waals surface area contributed by atoms with E-state index in [4.69, 9.17) is 4.74 Å². The largest absolute Gasteiger partial charge is 0.497 e. The van der Waals surface area contributed by atoms with Crippen molar-refractivity contribution >= 4 is 17.7 Å². The lowest BCUT2D eigenvalue weighted by Crippen LogP contribution is -2.32. The van der Waals surface area contributed by atoms with Crippen molar-refractivity contribution in [2.24, 2.45) is 5.92 Å². The second kappa shape index (κ2) is 10.7. The first kappa shape index (κ1) is 21.7. The lowest BCUT2D eigenvalue weighted by molar-refractivity contribution is -0.120. The molecule has 1 aliphatic rings. The summed E-state index contributed by atoms with van der Waals surface area (Å²) in [6.07, 6.45) is 2.60. The Labute approximate surface area is 179 Å². The van der Waals surface area contributed by atoms with Crippen molar-refractivity contribution in [3.05, 3.63) is 59.7 Å². The van der Waals surface area contributed by atoms with Gasteiger partial charge in [-0.15, -0.1) is 11.8 Å². The molecule has 0 aromatic heterocycles. The molecule has 156 valence electrons. The Hall–Kier alpha value is -1.98. The number of hydrogen-bond donors (Lipinski definition) is 1. The number of rotatable bonds is 8. The maximum Gasteiger partial charge on any atom is 0.233 e. The second-order valence-electron chi connectivity index (χ2n) is 7.93. The topological polar surface area (TPSA) is 41.6 Å². The van der Waals surface area contributed by atoms with Crippen LogP contribution in [-0.2, 0) is 17.9 Å². The number of benzene rings is 2. The quantitative estimate of drug-likeness (QED) is 0.637. The molecular formula is C24H32N2O2S. The van der Waals surface area contributed by atoms with E-state index in [0.29, 0.717) is 6.54 Å². The number of piperidine rings is 1. The van der Waals surface area contributed by atoms with Gasteiger partial charge in [-0.3, -0.25) is 9.69 Å². The Morgan fingerprint density at radius 1 is 1.10 bits per heavy atom. The van der Waals surface area contributed by atoms with E-state index in [9.17, 15) is 4.79 Å². The molecule has 2 aromatic carbocycles. The highest BCUT2D eigenvalue weighted by Crippen LogP contribution is 2.25. The molecule has 1 saturated heterocycles. The van der Waals surface area contributed by atoms with E-state index in [2.05, 4.69) is 41.4 Å². The summed E-state index contributed by atoms with van der Waals surface area (Å²) in [5.41, 5.74) is 2.48. The number of carbonyl (C=O) groups excluding carboxylic acids is 1. The number of nitrogens with zero attached hydrogens (tertiary/aromatic N) is 1. The van der Waals surface area contributed by atoms with Gasteiger partial charge in [0.1, 0.15) is 5.75 Å². The van der Waals surface area contributed by atoms with Crippen LogP contribution in [0.25, 0.3) is 0 Å². The number of carbonyl (C=O) groups is 1. The fourth-order valence-electron chi connectivity index (χ4n) is 3.49. The first-order valence-electron chi connectivity index (χ1n) is 10.4. The van der Waals surface area contributed by atoms with E-state index < -0.39 is 0 Å². The fourth-order valence-corrected chi connectivity index (χ4v) is 4.38. The zero-order chi connectivity index (χ0) is 20.6. The smallest absolute Gasteiger partial charge is 0.233 e. The Morgan fingerprint density at radius 2 is 1.72 bits per heavy atom. The van der Waals surface area contributed by atoms with Crippen molar-refractivity contribution < 1.29 is 9.53 Å². The van der Waals surface area contributed by atoms with E-state index in [1.807, 2.05) is 31.2 Å². The summed E-state index contributed by atoms with van der Waals surface area (Å²) in [5.74, 6) is 1.74. The summed E-state index contributed by atoms with van der Waals surface area (Å²) < 4.78 is 5.17. The fraction of sp³-hybridized carbons (Fsp3) is 0.458. The van der Waals surface area contributed by atoms with E-state index in [1.165, 1.54) is 31.5 Å². The van der Waals surface area contributed by atoms with Gasteiger partial charge in [0.05, 0.1) is 12.4 Å². The molecule has 1 amide bonds. The summed E-state index contributed by atoms with van der Waals surface area (Å²) in [6.45, 7) is 8.26. The molecular weight excluding hydrogens is 380 g/mol. The molecule has 3 rings (SSSR count). The van der Waals surface area contributed by atoms with Crippen LogP contribution in [0.4, 0.5) is 0 Å². The lowest BCUT2D eigenvalue weighted by atomic mass is 9.99. The summed E-state index contributed by atoms with van der Waals surface area (Å²) in [6, 6.07) is 16.4. The van der Waals surface area contributed by atoms with Gasteiger partial charge in [-0.1, -0.05) is 31.2 Å². The van der Waals surface area contributed by atoms with Crippen molar-refractivity contribution in [3.63, 3.8) is 0 Å². The van der Waals surface area contributed by atoms with E-state index in [1.54, 1.807) is 18.9 Å². The third-order valence-corrected chi connectivity index (χ3v) is 6.63. The summed E-state index contributed by atoms with van der Waals surface area (Å²) in [5, 5.41) is 2.90. The van der Waals surface area contributed by atoms with Crippen LogP contribution >= 0.6 is 11.8 Å². The molecule has 1 N–H and O–H groups in total. The highest BCUT2D eigenvalue weighted by molar-refractivity contribution is 8.00. The predicted octanol–water partition coefficient (Wildman–Crippen LogP) is 4.72. The van der Waals surface area contributed by atoms with Crippen LogP contribution < -0.4 is 10.1 Å². The maximum absolute atomic E-state index is 12.4. The van der Waals surface area contributed by atoms with Crippen LogP contribution in [0.15, 0.2) is 53.4 Å². The van der Waals surface area contributed by atoms with Gasteiger partial charge < -0.3 is 10.1 Å². The van der Waals surface area contributed by atoms with Gasteiger partial charge in [0.2, 0.25) is 5.91 Å². The van der Waals surface area contributed by atoms with Gasteiger partial charge in [-0.05, 0) is 74.2 Å². The minimum Gasteiger partial charge on any atom is -0.497 e. The Bertz CT molecular complexity index is 768. The average molecular weight is 413 g/mol. The van der Waals surface area contributed by atoms with Crippen molar-refractivity contribution in [1.29, 1.82) is 0 Å². The molecule has 0 saturated carbocycles. The molecule has 29 heavy (non-hydrogen) atoms. The van der Waals surface area contributed by atoms with Crippen molar-refractivity contribution in [2.75, 3.05) is 20.2 Å². The minimum atomic E-state index is -0.149. The van der Waals surface area contributed by atoms with Gasteiger partial charge in [-0.25, -0.2) is 0 Å². The standard InChI is InChI=1S/C24H32N2O2S/c1-18-12-14-26(15-13-18)17-21-6-4-20(5-7-21)16-25-24(27)19(2)29-23-10-8-22(28-3)9-11-23/h4-11,18-19H,12-17H2,1-3H3,(H,25,27). The normalized spacial score (nSPS) is 16.4. The number of thioether (sulfide) groups is 1. The van der Waals surface area contributed by atoms with Crippen LogP contribution in [0.5, 0.6) is 5.75 Å². The van der Waals surface area contributed by atoms with E-state index in [-0.39, 0.29) is 11.2 Å². The van der Waals surface area contributed by atoms with Gasteiger partial charge in [0.15, 0.2) is 0 Å². The predicted molar refractivity (Wildman–Crippen MR) is 120 cm³/mol. The highest BCUT2D eigenvalue weighted by atomic mass is 32.2. The van der Waals surface area contributed by atoms with Crippen LogP contribution in [0.1, 0.15) is 37.8 Å². The minimum absolute atomic E-state index is 0.0531. The summed E-state index contributed by atoms with van der Waals surface area (Å²) >= 11 is 1.55. The molecule has 2 aromatic rings. The van der Waals surface area contributed by atoms with Crippen LogP contribution in [0, 0.1) is 5.92 Å². The number of nitrogens with one attached hydrogen (secondary N) is 1. The van der Waals surface area contributed by atoms with Crippen LogP contribution in [-0.4, -0.2) is 36.3 Å². The molecule has 0 spiro atoms. The second-order valence-corrected chi connectivity index (χ2v) is 9.34. The number of amides is 1. The van der Waals surface area contributed by atoms with Crippen LogP contribution in [0.3, 0.4) is 0 Å². The number of likely N-dealkylation sites (tertiary alicyclic amines) is 1. The lowest BCUT2D eigenvalue weighted by Gasteiger charge is -2.30. The zero-order valence-corrected chi connectivity index (χ0v) is 18.5. The maximum atomic E-state index is 12.4. The molecule has 1 unspecified atom stereocenters. The highest BCUT2D eigenvalue weighted by Gasteiger charge is 2.16. The van der Waals surface area contributed by atoms with Crippen molar-refractivity contribution in [1.82, 2.24) is 10.2 Å². The number of hydrogen-bond acceptors (Lipinski definition) is 4. The van der Waals surface area contributed by atoms with Gasteiger partial charge in [0, 0.05) is 18.0 Å². The third-order valence-electron chi connectivity index (χ3n) is 5.51. The van der Waals surface area contributed by atoms with E-state index >= 15 is 0 Å². The SMILES string of the molecule is COc1ccc(SC(C)C(=O)NCc2ccc(CN3CCC(C)CC3)cc2)cc1. The first-order valence-corrected chi connectivity index (χ1v) is 11.3. The first-order chi connectivity index (χ1) is 14.0. The molecule has 0 bridgehead atoms. The zero-order valence-electron chi connectivity index (χ0n) is 17.7. The van der Waals surface area contributed by atoms with Crippen molar-refractivity contribution in [2.45, 2.75) is 49.9 Å². The Morgan fingerprint density at radius 3 is 2.34 bits per heavy atom. The Balaban J connectivity index is 1.43. The summed E-state index contributed by atoms with van der Waals surface area (Å²) in [4.78, 5) is 16.0. The molecule has 4 nitrogen and oxygen atoms in total.